The van der Waals surface area contributed by atoms with Gasteiger partial charge in [0.2, 0.25) is 5.91 Å². The number of halogens is 1. The van der Waals surface area contributed by atoms with Crippen LogP contribution in [0.15, 0.2) is 30.3 Å². The van der Waals surface area contributed by atoms with Gasteiger partial charge in [-0.1, -0.05) is 30.2 Å². The second-order valence-electron chi connectivity index (χ2n) is 5.77. The zero-order chi connectivity index (χ0) is 15.1. The van der Waals surface area contributed by atoms with Crippen molar-refractivity contribution in [1.29, 1.82) is 0 Å². The van der Waals surface area contributed by atoms with Crippen molar-refractivity contribution in [2.24, 2.45) is 5.92 Å². The molecule has 0 atom stereocenters. The summed E-state index contributed by atoms with van der Waals surface area (Å²) in [5.41, 5.74) is 0.839. The van der Waals surface area contributed by atoms with E-state index in [2.05, 4.69) is 10.3 Å². The van der Waals surface area contributed by atoms with E-state index >= 15 is 0 Å². The highest BCUT2D eigenvalue weighted by Crippen LogP contribution is 2.34. The van der Waals surface area contributed by atoms with Crippen molar-refractivity contribution >= 4 is 43.4 Å². The zero-order valence-electron chi connectivity index (χ0n) is 11.9. The molecule has 1 fully saturated rings. The van der Waals surface area contributed by atoms with Crippen LogP contribution >= 0.6 is 11.3 Å². The molecule has 5 heteroatoms. The first kappa shape index (κ1) is 13.6. The van der Waals surface area contributed by atoms with Gasteiger partial charge in [-0.2, -0.15) is 0 Å². The molecule has 1 saturated carbocycles. The molecule has 0 radical (unpaired) electrons. The van der Waals surface area contributed by atoms with Crippen molar-refractivity contribution in [2.75, 3.05) is 5.32 Å². The number of amides is 1. The van der Waals surface area contributed by atoms with E-state index in [4.69, 9.17) is 0 Å². The minimum atomic E-state index is -0.244. The third-order valence-electron chi connectivity index (χ3n) is 4.29. The monoisotopic (exact) mass is 314 g/mol. The summed E-state index contributed by atoms with van der Waals surface area (Å²) in [5, 5.41) is 5.39. The second-order valence-corrected chi connectivity index (χ2v) is 6.77. The summed E-state index contributed by atoms with van der Waals surface area (Å²) in [6.45, 7) is 0. The fourth-order valence-electron chi connectivity index (χ4n) is 3.13. The van der Waals surface area contributed by atoms with Crippen molar-refractivity contribution in [3.63, 3.8) is 0 Å². The number of rotatable bonds is 2. The highest BCUT2D eigenvalue weighted by atomic mass is 32.1. The molecule has 0 spiro atoms. The maximum atomic E-state index is 13.3. The number of carbonyl (C=O) groups excluding carboxylic acids is 1. The van der Waals surface area contributed by atoms with Crippen LogP contribution in [0.1, 0.15) is 25.7 Å². The third kappa shape index (κ3) is 2.35. The van der Waals surface area contributed by atoms with E-state index in [1.165, 1.54) is 23.5 Å². The van der Waals surface area contributed by atoms with E-state index in [9.17, 15) is 9.18 Å². The van der Waals surface area contributed by atoms with E-state index in [-0.39, 0.29) is 17.6 Å². The number of hydrogen-bond donors (Lipinski definition) is 1. The number of benzene rings is 2. The largest absolute Gasteiger partial charge is 0.302 e. The van der Waals surface area contributed by atoms with Crippen LogP contribution in [0, 0.1) is 11.7 Å². The average Bonchev–Trinajstić information content (AvgIpc) is 3.15. The van der Waals surface area contributed by atoms with Crippen LogP contribution in [-0.2, 0) is 4.79 Å². The van der Waals surface area contributed by atoms with Crippen LogP contribution in [0.3, 0.4) is 0 Å². The van der Waals surface area contributed by atoms with E-state index < -0.39 is 0 Å². The summed E-state index contributed by atoms with van der Waals surface area (Å²) in [4.78, 5) is 16.7. The van der Waals surface area contributed by atoms with Gasteiger partial charge in [0.25, 0.3) is 0 Å². The number of aromatic nitrogens is 1. The van der Waals surface area contributed by atoms with Gasteiger partial charge in [-0.15, -0.1) is 0 Å². The summed E-state index contributed by atoms with van der Waals surface area (Å²) >= 11 is 1.45. The quantitative estimate of drug-likeness (QED) is 0.744. The highest BCUT2D eigenvalue weighted by molar-refractivity contribution is 7.23. The van der Waals surface area contributed by atoms with Crippen molar-refractivity contribution < 1.29 is 9.18 Å². The van der Waals surface area contributed by atoms with Gasteiger partial charge in [-0.25, -0.2) is 9.37 Å². The van der Waals surface area contributed by atoms with Crippen LogP contribution in [-0.4, -0.2) is 10.9 Å². The lowest BCUT2D eigenvalue weighted by Gasteiger charge is -2.07. The van der Waals surface area contributed by atoms with Gasteiger partial charge in [0.15, 0.2) is 5.13 Å². The van der Waals surface area contributed by atoms with Crippen molar-refractivity contribution in [3.05, 3.63) is 36.1 Å². The fraction of sp³-hybridized carbons (Fsp3) is 0.294. The van der Waals surface area contributed by atoms with Crippen LogP contribution in [0.2, 0.25) is 0 Å². The number of fused-ring (bicyclic) bond motifs is 3. The van der Waals surface area contributed by atoms with E-state index in [1.54, 1.807) is 6.07 Å². The maximum Gasteiger partial charge on any atom is 0.229 e. The molecule has 1 aromatic heterocycles. The molecule has 0 saturated heterocycles. The van der Waals surface area contributed by atoms with Gasteiger partial charge < -0.3 is 5.32 Å². The van der Waals surface area contributed by atoms with E-state index in [0.717, 1.165) is 46.7 Å². The molecule has 3 aromatic rings. The second kappa shape index (κ2) is 5.32. The van der Waals surface area contributed by atoms with Crippen LogP contribution in [0.25, 0.3) is 21.0 Å². The summed E-state index contributed by atoms with van der Waals surface area (Å²) < 4.78 is 14.3. The van der Waals surface area contributed by atoms with Crippen LogP contribution in [0.5, 0.6) is 0 Å². The first-order chi connectivity index (χ1) is 10.7. The maximum absolute atomic E-state index is 13.3. The number of nitrogens with one attached hydrogen (secondary N) is 1. The first-order valence-electron chi connectivity index (χ1n) is 7.50. The normalized spacial score (nSPS) is 15.7. The number of nitrogens with zero attached hydrogens (tertiary/aromatic N) is 1. The number of anilines is 1. The minimum absolute atomic E-state index is 0.0758. The lowest BCUT2D eigenvalue weighted by molar-refractivity contribution is -0.119. The molecule has 22 heavy (non-hydrogen) atoms. The lowest BCUT2D eigenvalue weighted by atomic mass is 10.1. The van der Waals surface area contributed by atoms with Gasteiger partial charge in [-0.3, -0.25) is 4.79 Å². The Kier molecular flexibility index (Phi) is 3.30. The molecule has 1 aliphatic rings. The molecule has 1 amide bonds. The predicted octanol–water partition coefficient (Wildman–Crippen LogP) is 4.72. The van der Waals surface area contributed by atoms with E-state index in [1.807, 2.05) is 12.1 Å². The fourth-order valence-corrected chi connectivity index (χ4v) is 4.14. The van der Waals surface area contributed by atoms with Gasteiger partial charge in [0.05, 0.1) is 10.2 Å². The Morgan fingerprint density at radius 2 is 2.05 bits per heavy atom. The molecule has 2 aromatic carbocycles. The van der Waals surface area contributed by atoms with Crippen LogP contribution < -0.4 is 5.32 Å². The highest BCUT2D eigenvalue weighted by Gasteiger charge is 2.23. The molecule has 1 heterocycles. The van der Waals surface area contributed by atoms with Crippen molar-refractivity contribution in [1.82, 2.24) is 4.98 Å². The molecule has 112 valence electrons. The molecule has 4 rings (SSSR count). The SMILES string of the molecule is O=C(Nc1nc2ccc3cc(F)ccc3c2s1)C1CCCC1. The number of carbonyl (C=O) groups is 1. The minimum Gasteiger partial charge on any atom is -0.302 e. The Hall–Kier alpha value is -2.01. The Balaban J connectivity index is 1.70. The molecule has 3 nitrogen and oxygen atoms in total. The predicted molar refractivity (Wildman–Crippen MR) is 87.7 cm³/mol. The summed E-state index contributed by atoms with van der Waals surface area (Å²) in [6.07, 6.45) is 4.21. The first-order valence-corrected chi connectivity index (χ1v) is 8.32. The summed E-state index contributed by atoms with van der Waals surface area (Å²) in [6, 6.07) is 8.49. The standard InChI is InChI=1S/C17H15FN2OS/c18-12-6-7-13-11(9-12)5-8-14-15(13)22-17(19-14)20-16(21)10-3-1-2-4-10/h5-10H,1-4H2,(H,19,20,21). The van der Waals surface area contributed by atoms with Crippen molar-refractivity contribution in [3.8, 4) is 0 Å². The Bertz CT molecular complexity index is 868. The zero-order valence-corrected chi connectivity index (χ0v) is 12.8. The number of thiazole rings is 1. The van der Waals surface area contributed by atoms with Crippen molar-refractivity contribution in [2.45, 2.75) is 25.7 Å². The smallest absolute Gasteiger partial charge is 0.229 e. The molecule has 0 bridgehead atoms. The lowest BCUT2D eigenvalue weighted by Crippen LogP contribution is -2.19. The molecule has 1 N–H and O–H groups in total. The molecule has 0 unspecified atom stereocenters. The topological polar surface area (TPSA) is 42.0 Å². The van der Waals surface area contributed by atoms with Gasteiger partial charge in [-0.05, 0) is 42.5 Å². The van der Waals surface area contributed by atoms with E-state index in [0.29, 0.717) is 5.13 Å². The molecular weight excluding hydrogens is 299 g/mol. The van der Waals surface area contributed by atoms with Gasteiger partial charge in [0.1, 0.15) is 5.82 Å². The average molecular weight is 314 g/mol. The van der Waals surface area contributed by atoms with Gasteiger partial charge >= 0.3 is 0 Å². The summed E-state index contributed by atoms with van der Waals surface area (Å²) in [7, 11) is 0. The Labute approximate surface area is 131 Å². The Morgan fingerprint density at radius 1 is 1.23 bits per heavy atom. The number of hydrogen-bond acceptors (Lipinski definition) is 3. The third-order valence-corrected chi connectivity index (χ3v) is 5.31. The Morgan fingerprint density at radius 3 is 2.86 bits per heavy atom. The molecule has 0 aliphatic heterocycles. The van der Waals surface area contributed by atoms with Crippen LogP contribution in [0.4, 0.5) is 9.52 Å². The van der Waals surface area contributed by atoms with Gasteiger partial charge in [0, 0.05) is 11.3 Å². The summed E-state index contributed by atoms with van der Waals surface area (Å²) in [5.74, 6) is -0.0455. The molecular formula is C17H15FN2OS. The molecule has 1 aliphatic carbocycles.